The van der Waals surface area contributed by atoms with Crippen molar-refractivity contribution in [3.63, 3.8) is 0 Å². The molecule has 0 amide bonds. The fourth-order valence-electron chi connectivity index (χ4n) is 1.30. The molecule has 1 aromatic carbocycles. The van der Waals surface area contributed by atoms with Crippen LogP contribution in [0.5, 0.6) is 0 Å². The van der Waals surface area contributed by atoms with Crippen LogP contribution in [0, 0.1) is 13.8 Å². The molecule has 0 radical (unpaired) electrons. The first-order chi connectivity index (χ1) is 6.09. The summed E-state index contributed by atoms with van der Waals surface area (Å²) in [6, 6.07) is 6.25. The Bertz CT molecular complexity index is 318. The van der Waals surface area contributed by atoms with Crippen LogP contribution in [-0.2, 0) is 11.2 Å². The van der Waals surface area contributed by atoms with Crippen LogP contribution in [-0.4, -0.2) is 5.24 Å². The second-order valence-electron chi connectivity index (χ2n) is 3.29. The van der Waals surface area contributed by atoms with Crippen molar-refractivity contribution in [3.05, 3.63) is 34.9 Å². The van der Waals surface area contributed by atoms with Crippen molar-refractivity contribution < 1.29 is 4.79 Å². The van der Waals surface area contributed by atoms with Gasteiger partial charge in [0.15, 0.2) is 0 Å². The maximum Gasteiger partial charge on any atom is 0.221 e. The molecule has 0 spiro atoms. The highest BCUT2D eigenvalue weighted by atomic mass is 35.5. The third-order valence-electron chi connectivity index (χ3n) is 2.10. The summed E-state index contributed by atoms with van der Waals surface area (Å²) < 4.78 is 0. The molecule has 0 saturated heterocycles. The van der Waals surface area contributed by atoms with Crippen molar-refractivity contribution in [1.29, 1.82) is 0 Å². The fourth-order valence-corrected chi connectivity index (χ4v) is 1.40. The first kappa shape index (κ1) is 10.3. The summed E-state index contributed by atoms with van der Waals surface area (Å²) in [6.07, 6.45) is 1.17. The van der Waals surface area contributed by atoms with Gasteiger partial charge in [0, 0.05) is 6.42 Å². The first-order valence-electron chi connectivity index (χ1n) is 4.34. The van der Waals surface area contributed by atoms with E-state index in [9.17, 15) is 4.79 Å². The molecule has 0 saturated carbocycles. The summed E-state index contributed by atoms with van der Waals surface area (Å²) in [5, 5.41) is -0.263. The molecule has 0 atom stereocenters. The highest BCUT2D eigenvalue weighted by Gasteiger charge is 2.01. The van der Waals surface area contributed by atoms with Gasteiger partial charge in [0.1, 0.15) is 0 Å². The van der Waals surface area contributed by atoms with Crippen LogP contribution in [0.25, 0.3) is 0 Å². The Morgan fingerprint density at radius 2 is 2.08 bits per heavy atom. The highest BCUT2D eigenvalue weighted by molar-refractivity contribution is 6.63. The van der Waals surface area contributed by atoms with Gasteiger partial charge in [-0.15, -0.1) is 0 Å². The lowest BCUT2D eigenvalue weighted by Gasteiger charge is -2.04. The van der Waals surface area contributed by atoms with Gasteiger partial charge >= 0.3 is 0 Å². The number of benzene rings is 1. The predicted octanol–water partition coefficient (Wildman–Crippen LogP) is 3.00. The van der Waals surface area contributed by atoms with Gasteiger partial charge in [0.05, 0.1) is 0 Å². The van der Waals surface area contributed by atoms with Crippen LogP contribution in [0.4, 0.5) is 0 Å². The van der Waals surface area contributed by atoms with Crippen molar-refractivity contribution in [2.24, 2.45) is 0 Å². The summed E-state index contributed by atoms with van der Waals surface area (Å²) in [7, 11) is 0. The van der Waals surface area contributed by atoms with Crippen molar-refractivity contribution in [2.75, 3.05) is 0 Å². The van der Waals surface area contributed by atoms with Crippen molar-refractivity contribution in [2.45, 2.75) is 26.7 Å². The number of halogens is 1. The van der Waals surface area contributed by atoms with E-state index in [0.717, 1.165) is 6.42 Å². The number of hydrogen-bond donors (Lipinski definition) is 0. The molecule has 0 aliphatic rings. The lowest BCUT2D eigenvalue weighted by Crippen LogP contribution is -1.94. The Morgan fingerprint density at radius 1 is 1.38 bits per heavy atom. The van der Waals surface area contributed by atoms with Gasteiger partial charge in [-0.05, 0) is 43.0 Å². The van der Waals surface area contributed by atoms with Gasteiger partial charge in [-0.25, -0.2) is 0 Å². The molecule has 0 fully saturated rings. The van der Waals surface area contributed by atoms with Crippen LogP contribution in [0.3, 0.4) is 0 Å². The van der Waals surface area contributed by atoms with E-state index in [0.29, 0.717) is 6.42 Å². The monoisotopic (exact) mass is 196 g/mol. The van der Waals surface area contributed by atoms with E-state index in [-0.39, 0.29) is 5.24 Å². The molecule has 0 heterocycles. The van der Waals surface area contributed by atoms with Crippen molar-refractivity contribution in [3.8, 4) is 0 Å². The molecular weight excluding hydrogens is 184 g/mol. The van der Waals surface area contributed by atoms with Crippen LogP contribution in [0.15, 0.2) is 18.2 Å². The van der Waals surface area contributed by atoms with Gasteiger partial charge < -0.3 is 0 Å². The van der Waals surface area contributed by atoms with Crippen LogP contribution in [0.2, 0.25) is 0 Å². The average Bonchev–Trinajstić information content (AvgIpc) is 2.06. The van der Waals surface area contributed by atoms with Crippen LogP contribution >= 0.6 is 11.6 Å². The van der Waals surface area contributed by atoms with Crippen molar-refractivity contribution in [1.82, 2.24) is 0 Å². The Morgan fingerprint density at radius 3 is 2.69 bits per heavy atom. The van der Waals surface area contributed by atoms with Gasteiger partial charge in [0.2, 0.25) is 5.24 Å². The minimum atomic E-state index is -0.263. The Labute approximate surface area is 83.7 Å². The zero-order chi connectivity index (χ0) is 9.84. The second kappa shape index (κ2) is 4.43. The molecule has 0 aromatic heterocycles. The molecule has 1 rings (SSSR count). The number of hydrogen-bond acceptors (Lipinski definition) is 1. The van der Waals surface area contributed by atoms with E-state index in [1.54, 1.807) is 0 Å². The topological polar surface area (TPSA) is 17.1 Å². The summed E-state index contributed by atoms with van der Waals surface area (Å²) in [5.74, 6) is 0. The smallest absolute Gasteiger partial charge is 0.221 e. The molecule has 13 heavy (non-hydrogen) atoms. The average molecular weight is 197 g/mol. The number of aryl methyl sites for hydroxylation is 3. The summed E-state index contributed by atoms with van der Waals surface area (Å²) in [4.78, 5) is 10.6. The zero-order valence-corrected chi connectivity index (χ0v) is 8.69. The van der Waals surface area contributed by atoms with Crippen molar-refractivity contribution >= 4 is 16.8 Å². The number of rotatable bonds is 3. The Kier molecular flexibility index (Phi) is 3.49. The maximum atomic E-state index is 10.6. The van der Waals surface area contributed by atoms with Gasteiger partial charge in [-0.2, -0.15) is 0 Å². The van der Waals surface area contributed by atoms with E-state index in [2.05, 4.69) is 18.2 Å². The molecule has 1 aromatic rings. The summed E-state index contributed by atoms with van der Waals surface area (Å²) in [6.45, 7) is 4.10. The quantitative estimate of drug-likeness (QED) is 0.680. The third kappa shape index (κ3) is 3.19. The largest absolute Gasteiger partial charge is 0.281 e. The van der Waals surface area contributed by atoms with E-state index >= 15 is 0 Å². The normalized spacial score (nSPS) is 10.1. The molecule has 0 N–H and O–H groups in total. The summed E-state index contributed by atoms with van der Waals surface area (Å²) >= 11 is 5.28. The Balaban J connectivity index is 2.75. The summed E-state index contributed by atoms with van der Waals surface area (Å²) in [5.41, 5.74) is 3.67. The molecule has 0 aliphatic heterocycles. The second-order valence-corrected chi connectivity index (χ2v) is 3.71. The van der Waals surface area contributed by atoms with E-state index < -0.39 is 0 Å². The van der Waals surface area contributed by atoms with Gasteiger partial charge in [-0.1, -0.05) is 23.8 Å². The fraction of sp³-hybridized carbons (Fsp3) is 0.364. The highest BCUT2D eigenvalue weighted by Crippen LogP contribution is 2.13. The molecule has 0 aliphatic carbocycles. The molecular formula is C11H13ClO. The SMILES string of the molecule is Cc1ccc(C)c(CCC(=O)Cl)c1. The third-order valence-corrected chi connectivity index (χ3v) is 2.28. The van der Waals surface area contributed by atoms with E-state index in [1.807, 2.05) is 13.8 Å². The first-order valence-corrected chi connectivity index (χ1v) is 4.72. The molecule has 2 heteroatoms. The molecule has 0 unspecified atom stereocenters. The lowest BCUT2D eigenvalue weighted by atomic mass is 10.0. The van der Waals surface area contributed by atoms with Gasteiger partial charge in [-0.3, -0.25) is 4.79 Å². The molecule has 0 bridgehead atoms. The minimum absolute atomic E-state index is 0.263. The van der Waals surface area contributed by atoms with E-state index in [1.165, 1.54) is 16.7 Å². The number of carbonyl (C=O) groups is 1. The standard InChI is InChI=1S/C11H13ClO/c1-8-3-4-9(2)10(7-8)5-6-11(12)13/h3-4,7H,5-6H2,1-2H3. The Hall–Kier alpha value is -0.820. The zero-order valence-electron chi connectivity index (χ0n) is 7.93. The van der Waals surface area contributed by atoms with Crippen LogP contribution in [0.1, 0.15) is 23.1 Å². The van der Waals surface area contributed by atoms with E-state index in [4.69, 9.17) is 11.6 Å². The number of carbonyl (C=O) groups excluding carboxylic acids is 1. The predicted molar refractivity (Wildman–Crippen MR) is 55.1 cm³/mol. The maximum absolute atomic E-state index is 10.6. The van der Waals surface area contributed by atoms with Gasteiger partial charge in [0.25, 0.3) is 0 Å². The molecule has 1 nitrogen and oxygen atoms in total. The molecule has 70 valence electrons. The lowest BCUT2D eigenvalue weighted by molar-refractivity contribution is -0.111. The van der Waals surface area contributed by atoms with Crippen LogP contribution < -0.4 is 0 Å². The minimum Gasteiger partial charge on any atom is -0.281 e.